The van der Waals surface area contributed by atoms with Crippen LogP contribution >= 0.6 is 11.3 Å². The third kappa shape index (κ3) is 0.850. The van der Waals surface area contributed by atoms with Crippen molar-refractivity contribution < 1.29 is 0 Å². The van der Waals surface area contributed by atoms with Crippen LogP contribution in [0, 0.1) is 0 Å². The Morgan fingerprint density at radius 3 is 3.00 bits per heavy atom. The molecule has 0 amide bonds. The first kappa shape index (κ1) is 7.11. The van der Waals surface area contributed by atoms with E-state index in [4.69, 9.17) is 11.5 Å². The van der Waals surface area contributed by atoms with Gasteiger partial charge in [-0.15, -0.1) is 11.3 Å². The number of hydrogen-bond donors (Lipinski definition) is 3. The lowest BCUT2D eigenvalue weighted by Crippen LogP contribution is -2.10. The Balaban J connectivity index is 3.03. The summed E-state index contributed by atoms with van der Waals surface area (Å²) in [5, 5.41) is 2.67. The molecule has 2 aromatic heterocycles. The van der Waals surface area contributed by atoms with Gasteiger partial charge in [-0.3, -0.25) is 9.78 Å². The largest absolute Gasteiger partial charge is 0.389 e. The van der Waals surface area contributed by atoms with Crippen LogP contribution in [0.4, 0.5) is 10.9 Å². The Labute approximate surface area is 71.0 Å². The van der Waals surface area contributed by atoms with Crippen LogP contribution in [0.1, 0.15) is 0 Å². The fraction of sp³-hybridized carbons (Fsp3) is 0. The van der Waals surface area contributed by atoms with Crippen LogP contribution in [-0.4, -0.2) is 9.97 Å². The van der Waals surface area contributed by atoms with Crippen molar-refractivity contribution in [1.29, 1.82) is 0 Å². The summed E-state index contributed by atoms with van der Waals surface area (Å²) in [6.07, 6.45) is 0. The number of fused-ring (bicyclic) bond motifs is 1. The Hall–Kier alpha value is -1.56. The number of aromatic nitrogens is 2. The zero-order valence-electron chi connectivity index (χ0n) is 6.00. The quantitative estimate of drug-likeness (QED) is 0.540. The van der Waals surface area contributed by atoms with Crippen molar-refractivity contribution in [1.82, 2.24) is 9.97 Å². The van der Waals surface area contributed by atoms with Crippen LogP contribution < -0.4 is 17.0 Å². The van der Waals surface area contributed by atoms with Crippen molar-refractivity contribution in [3.63, 3.8) is 0 Å². The molecule has 62 valence electrons. The van der Waals surface area contributed by atoms with Crippen molar-refractivity contribution in [3.8, 4) is 0 Å². The molecule has 0 saturated heterocycles. The van der Waals surface area contributed by atoms with Crippen LogP contribution in [0.15, 0.2) is 10.2 Å². The predicted octanol–water partition coefficient (Wildman–Crippen LogP) is 0.149. The fourth-order valence-corrected chi connectivity index (χ4v) is 1.71. The third-order valence-corrected chi connectivity index (χ3v) is 2.31. The Kier molecular flexibility index (Phi) is 1.31. The second-order valence-corrected chi connectivity index (χ2v) is 3.22. The van der Waals surface area contributed by atoms with Gasteiger partial charge in [0.25, 0.3) is 5.56 Å². The molecule has 2 rings (SSSR count). The molecule has 0 spiro atoms. The van der Waals surface area contributed by atoms with E-state index >= 15 is 0 Å². The summed E-state index contributed by atoms with van der Waals surface area (Å²) >= 11 is 1.28. The van der Waals surface area contributed by atoms with Crippen LogP contribution in [0.2, 0.25) is 0 Å². The standard InChI is InChI=1S/C6H6N4OS/c7-4-3-2(1-12-4)5(11)10-6(8)9-3/h1H,7H2,(H3,8,9,10,11). The molecule has 2 aromatic rings. The molecule has 0 bridgehead atoms. The lowest BCUT2D eigenvalue weighted by molar-refractivity contribution is 1.19. The van der Waals surface area contributed by atoms with E-state index in [-0.39, 0.29) is 11.5 Å². The number of aromatic amines is 1. The smallest absolute Gasteiger partial charge is 0.261 e. The Morgan fingerprint density at radius 1 is 1.50 bits per heavy atom. The molecular formula is C6H6N4OS. The van der Waals surface area contributed by atoms with Crippen LogP contribution in [0.3, 0.4) is 0 Å². The van der Waals surface area contributed by atoms with E-state index in [1.165, 1.54) is 11.3 Å². The number of anilines is 2. The third-order valence-electron chi connectivity index (χ3n) is 1.51. The predicted molar refractivity (Wildman–Crippen MR) is 49.1 cm³/mol. The number of thiophene rings is 1. The van der Waals surface area contributed by atoms with Gasteiger partial charge in [0.2, 0.25) is 5.95 Å². The second-order valence-electron chi connectivity index (χ2n) is 2.31. The zero-order chi connectivity index (χ0) is 8.72. The minimum absolute atomic E-state index is 0.0950. The summed E-state index contributed by atoms with van der Waals surface area (Å²) in [6, 6.07) is 0. The molecule has 5 nitrogen and oxygen atoms in total. The number of rotatable bonds is 0. The highest BCUT2D eigenvalue weighted by Crippen LogP contribution is 2.23. The van der Waals surface area contributed by atoms with Gasteiger partial charge in [0, 0.05) is 5.38 Å². The SMILES string of the molecule is Nc1nc2c(N)scc2c(=O)[nH]1. The molecule has 5 N–H and O–H groups in total. The minimum atomic E-state index is -0.245. The normalized spacial score (nSPS) is 10.7. The zero-order valence-corrected chi connectivity index (χ0v) is 6.81. The van der Waals surface area contributed by atoms with Crippen LogP contribution in [-0.2, 0) is 0 Å². The first-order valence-electron chi connectivity index (χ1n) is 3.21. The minimum Gasteiger partial charge on any atom is -0.389 e. The first-order valence-corrected chi connectivity index (χ1v) is 4.09. The van der Waals surface area contributed by atoms with Gasteiger partial charge in [-0.05, 0) is 0 Å². The van der Waals surface area contributed by atoms with Crippen LogP contribution in [0.25, 0.3) is 10.9 Å². The molecule has 6 heteroatoms. The molecule has 0 aliphatic carbocycles. The van der Waals surface area contributed by atoms with Gasteiger partial charge in [-0.1, -0.05) is 0 Å². The monoisotopic (exact) mass is 182 g/mol. The topological polar surface area (TPSA) is 97.8 Å². The number of nitrogens with one attached hydrogen (secondary N) is 1. The first-order chi connectivity index (χ1) is 5.68. The molecule has 0 atom stereocenters. The van der Waals surface area contributed by atoms with Crippen molar-refractivity contribution in [3.05, 3.63) is 15.7 Å². The summed E-state index contributed by atoms with van der Waals surface area (Å²) in [7, 11) is 0. The maximum Gasteiger partial charge on any atom is 0.261 e. The lowest BCUT2D eigenvalue weighted by Gasteiger charge is -1.92. The van der Waals surface area contributed by atoms with Crippen molar-refractivity contribution in [2.24, 2.45) is 0 Å². The van der Waals surface area contributed by atoms with E-state index in [2.05, 4.69) is 9.97 Å². The molecule has 0 aromatic carbocycles. The highest BCUT2D eigenvalue weighted by atomic mass is 32.1. The van der Waals surface area contributed by atoms with Crippen LogP contribution in [0.5, 0.6) is 0 Å². The maximum absolute atomic E-state index is 11.2. The molecule has 0 aliphatic rings. The van der Waals surface area contributed by atoms with E-state index in [1.54, 1.807) is 5.38 Å². The molecule has 12 heavy (non-hydrogen) atoms. The van der Waals surface area contributed by atoms with E-state index in [0.717, 1.165) is 0 Å². The van der Waals surface area contributed by atoms with Gasteiger partial charge in [0.1, 0.15) is 10.5 Å². The summed E-state index contributed by atoms with van der Waals surface area (Å²) < 4.78 is 0. The number of nitrogens with two attached hydrogens (primary N) is 2. The van der Waals surface area contributed by atoms with Crippen molar-refractivity contribution in [2.75, 3.05) is 11.5 Å². The van der Waals surface area contributed by atoms with Crippen molar-refractivity contribution in [2.45, 2.75) is 0 Å². The number of H-pyrrole nitrogens is 1. The Morgan fingerprint density at radius 2 is 2.25 bits per heavy atom. The molecule has 2 heterocycles. The molecular weight excluding hydrogens is 176 g/mol. The number of nitrogen functional groups attached to an aromatic ring is 2. The second kappa shape index (κ2) is 2.21. The summed E-state index contributed by atoms with van der Waals surface area (Å²) in [5.41, 5.74) is 11.1. The van der Waals surface area contributed by atoms with Gasteiger partial charge in [0.05, 0.1) is 5.39 Å². The summed E-state index contributed by atoms with van der Waals surface area (Å²) in [6.45, 7) is 0. The molecule has 0 unspecified atom stereocenters. The van der Waals surface area contributed by atoms with Gasteiger partial charge in [-0.25, -0.2) is 4.98 Å². The molecule has 0 saturated carbocycles. The Bertz CT molecular complexity index is 486. The number of nitrogens with zero attached hydrogens (tertiary/aromatic N) is 1. The molecule has 0 aliphatic heterocycles. The lowest BCUT2D eigenvalue weighted by atomic mass is 10.4. The van der Waals surface area contributed by atoms with Gasteiger partial charge in [-0.2, -0.15) is 0 Å². The van der Waals surface area contributed by atoms with E-state index in [9.17, 15) is 4.79 Å². The highest BCUT2D eigenvalue weighted by Gasteiger charge is 2.06. The average Bonchev–Trinajstić information content (AvgIpc) is 2.33. The molecule has 0 radical (unpaired) electrons. The highest BCUT2D eigenvalue weighted by molar-refractivity contribution is 7.15. The van der Waals surface area contributed by atoms with E-state index < -0.39 is 0 Å². The summed E-state index contributed by atoms with van der Waals surface area (Å²) in [4.78, 5) is 17.5. The van der Waals surface area contributed by atoms with Gasteiger partial charge < -0.3 is 11.5 Å². The van der Waals surface area contributed by atoms with Gasteiger partial charge in [0.15, 0.2) is 0 Å². The van der Waals surface area contributed by atoms with Crippen molar-refractivity contribution >= 4 is 33.2 Å². The number of hydrogen-bond acceptors (Lipinski definition) is 5. The summed E-state index contributed by atoms with van der Waals surface area (Å²) in [5.74, 6) is 0.0950. The van der Waals surface area contributed by atoms with Gasteiger partial charge >= 0.3 is 0 Å². The average molecular weight is 182 g/mol. The molecule has 0 fully saturated rings. The van der Waals surface area contributed by atoms with E-state index in [0.29, 0.717) is 15.9 Å². The fourth-order valence-electron chi connectivity index (χ4n) is 0.975. The van der Waals surface area contributed by atoms with E-state index in [1.807, 2.05) is 0 Å². The maximum atomic E-state index is 11.2.